The quantitative estimate of drug-likeness (QED) is 0.289. The molecule has 1 amide bonds. The van der Waals surface area contributed by atoms with Crippen LogP contribution in [-0.2, 0) is 30.8 Å². The number of nitrogens with one attached hydrogen (secondary N) is 1. The van der Waals surface area contributed by atoms with Gasteiger partial charge >= 0.3 is 5.69 Å². The topological polar surface area (TPSA) is 107 Å². The fourth-order valence-corrected chi connectivity index (χ4v) is 6.07. The van der Waals surface area contributed by atoms with Crippen LogP contribution in [0.1, 0.15) is 64.4 Å². The zero-order valence-electron chi connectivity index (χ0n) is 25.9. The number of unbranched alkanes of at least 4 members (excludes halogenated alkanes) is 2. The lowest BCUT2D eigenvalue weighted by molar-refractivity contribution is -0.123. The number of nitrogens with zero attached hydrogens (tertiary/aromatic N) is 6. The highest BCUT2D eigenvalue weighted by Crippen LogP contribution is 2.25. The first-order chi connectivity index (χ1) is 21.0. The van der Waals surface area contributed by atoms with Gasteiger partial charge in [0.25, 0.3) is 11.5 Å². The largest absolute Gasteiger partial charge is 0.484 e. The van der Waals surface area contributed by atoms with E-state index in [1.165, 1.54) is 17.4 Å². The van der Waals surface area contributed by atoms with Crippen molar-refractivity contribution in [2.45, 2.75) is 84.8 Å². The number of carbonyl (C=O) groups is 1. The molecule has 4 heterocycles. The summed E-state index contributed by atoms with van der Waals surface area (Å²) in [6.07, 6.45) is 7.72. The van der Waals surface area contributed by atoms with Crippen molar-refractivity contribution in [1.82, 2.24) is 28.9 Å². The van der Waals surface area contributed by atoms with Crippen LogP contribution in [-0.4, -0.2) is 75.4 Å². The zero-order valence-corrected chi connectivity index (χ0v) is 25.9. The predicted octanol–water partition coefficient (Wildman–Crippen LogP) is 3.00. The maximum Gasteiger partial charge on any atom is 0.332 e. The average Bonchev–Trinajstić information content (AvgIpc) is 3.68. The first kappa shape index (κ1) is 30.8. The van der Waals surface area contributed by atoms with Crippen LogP contribution in [0.15, 0.2) is 33.9 Å². The Balaban J connectivity index is 1.22. The third kappa shape index (κ3) is 7.31. The monoisotopic (exact) mass is 593 g/mol. The lowest BCUT2D eigenvalue weighted by Crippen LogP contribution is -2.41. The van der Waals surface area contributed by atoms with Gasteiger partial charge in [-0.3, -0.25) is 18.7 Å². The van der Waals surface area contributed by atoms with Gasteiger partial charge in [-0.05, 0) is 69.3 Å². The Morgan fingerprint density at radius 2 is 1.60 bits per heavy atom. The van der Waals surface area contributed by atoms with Gasteiger partial charge in [-0.1, -0.05) is 38.8 Å². The van der Waals surface area contributed by atoms with Crippen LogP contribution in [0.25, 0.3) is 11.2 Å². The summed E-state index contributed by atoms with van der Waals surface area (Å²) in [5.74, 6) is 1.34. The Morgan fingerprint density at radius 3 is 2.33 bits per heavy atom. The van der Waals surface area contributed by atoms with E-state index in [1.54, 1.807) is 4.57 Å². The Hall–Kier alpha value is -3.60. The second kappa shape index (κ2) is 14.7. The summed E-state index contributed by atoms with van der Waals surface area (Å²) in [4.78, 5) is 48.6. The van der Waals surface area contributed by atoms with Crippen molar-refractivity contribution in [3.05, 3.63) is 50.7 Å². The smallest absolute Gasteiger partial charge is 0.332 e. The number of fused-ring (bicyclic) bond motifs is 3. The van der Waals surface area contributed by atoms with Crippen LogP contribution in [0.2, 0.25) is 0 Å². The molecule has 2 aliphatic heterocycles. The van der Waals surface area contributed by atoms with Gasteiger partial charge in [0, 0.05) is 45.8 Å². The summed E-state index contributed by atoms with van der Waals surface area (Å²) in [7, 11) is 0. The summed E-state index contributed by atoms with van der Waals surface area (Å²) < 4.78 is 10.9. The van der Waals surface area contributed by atoms with Gasteiger partial charge in [0.05, 0.1) is 0 Å². The number of hydrogen-bond donors (Lipinski definition) is 1. The van der Waals surface area contributed by atoms with E-state index >= 15 is 0 Å². The van der Waals surface area contributed by atoms with Crippen LogP contribution in [0, 0.1) is 0 Å². The molecule has 11 heteroatoms. The van der Waals surface area contributed by atoms with Gasteiger partial charge in [-0.15, -0.1) is 0 Å². The Labute approximate surface area is 253 Å². The number of carbonyl (C=O) groups excluding carboxylic acids is 1. The van der Waals surface area contributed by atoms with E-state index in [2.05, 4.69) is 29.0 Å². The molecule has 11 nitrogen and oxygen atoms in total. The number of amides is 1. The highest BCUT2D eigenvalue weighted by molar-refractivity contribution is 5.77. The molecule has 0 saturated carbocycles. The normalized spacial score (nSPS) is 15.3. The molecule has 2 aromatic heterocycles. The highest BCUT2D eigenvalue weighted by Gasteiger charge is 2.26. The highest BCUT2D eigenvalue weighted by atomic mass is 16.5. The average molecular weight is 594 g/mol. The third-order valence-corrected chi connectivity index (χ3v) is 8.57. The van der Waals surface area contributed by atoms with Crippen molar-refractivity contribution in [2.24, 2.45) is 0 Å². The van der Waals surface area contributed by atoms with E-state index in [0.717, 1.165) is 89.3 Å². The standard InChI is InChI=1S/C32H47N7O4/c1-3-5-19-38-29-28(30(41)39(32(38)42)20-6-4-2)37-21-9-18-36(31(37)34-29)22-14-25-10-12-26(13-11-25)43-24-27(40)33-15-23-35-16-7-8-17-35/h10-13H,3-9,14-24H2,1-2H3,(H,33,40). The van der Waals surface area contributed by atoms with E-state index in [4.69, 9.17) is 9.72 Å². The molecule has 234 valence electrons. The fraction of sp³-hybridized carbons (Fsp3) is 0.625. The Bertz CT molecular complexity index is 1480. The van der Waals surface area contributed by atoms with E-state index in [0.29, 0.717) is 36.5 Å². The summed E-state index contributed by atoms with van der Waals surface area (Å²) in [5, 5.41) is 2.94. The number of benzene rings is 1. The molecule has 0 atom stereocenters. The van der Waals surface area contributed by atoms with Crippen LogP contribution < -0.4 is 26.2 Å². The summed E-state index contributed by atoms with van der Waals surface area (Å²) in [6, 6.07) is 7.87. The van der Waals surface area contributed by atoms with Gasteiger partial charge < -0.3 is 24.4 Å². The lowest BCUT2D eigenvalue weighted by Gasteiger charge is -2.29. The first-order valence-electron chi connectivity index (χ1n) is 16.2. The van der Waals surface area contributed by atoms with Crippen molar-refractivity contribution in [3.63, 3.8) is 0 Å². The molecule has 0 radical (unpaired) electrons. The van der Waals surface area contributed by atoms with Crippen molar-refractivity contribution < 1.29 is 9.53 Å². The van der Waals surface area contributed by atoms with Crippen LogP contribution in [0.4, 0.5) is 5.95 Å². The molecule has 1 fully saturated rings. The lowest BCUT2D eigenvalue weighted by atomic mass is 10.1. The number of aryl methyl sites for hydroxylation is 2. The van der Waals surface area contributed by atoms with Gasteiger partial charge in [0.1, 0.15) is 5.75 Å². The number of hydrogen-bond acceptors (Lipinski definition) is 7. The van der Waals surface area contributed by atoms with Crippen molar-refractivity contribution in [3.8, 4) is 5.75 Å². The van der Waals surface area contributed by atoms with E-state index in [-0.39, 0.29) is 23.8 Å². The van der Waals surface area contributed by atoms with E-state index in [1.807, 2.05) is 28.8 Å². The minimum Gasteiger partial charge on any atom is -0.484 e. The second-order valence-electron chi connectivity index (χ2n) is 11.8. The Kier molecular flexibility index (Phi) is 10.6. The summed E-state index contributed by atoms with van der Waals surface area (Å²) in [5.41, 5.74) is 1.74. The predicted molar refractivity (Wildman–Crippen MR) is 169 cm³/mol. The molecule has 5 rings (SSSR count). The van der Waals surface area contributed by atoms with Gasteiger partial charge in [0.15, 0.2) is 17.8 Å². The minimum absolute atomic E-state index is 0.00677. The van der Waals surface area contributed by atoms with E-state index in [9.17, 15) is 14.4 Å². The molecule has 1 N–H and O–H groups in total. The molecule has 0 bridgehead atoms. The number of imidazole rings is 1. The molecule has 2 aliphatic rings. The van der Waals surface area contributed by atoms with Crippen molar-refractivity contribution >= 4 is 23.0 Å². The number of aromatic nitrogens is 4. The fourth-order valence-electron chi connectivity index (χ4n) is 6.07. The molecule has 1 aromatic carbocycles. The van der Waals surface area contributed by atoms with E-state index < -0.39 is 0 Å². The van der Waals surface area contributed by atoms with Crippen molar-refractivity contribution in [2.75, 3.05) is 50.8 Å². The number of likely N-dealkylation sites (tertiary alicyclic amines) is 1. The summed E-state index contributed by atoms with van der Waals surface area (Å²) >= 11 is 0. The van der Waals surface area contributed by atoms with Crippen LogP contribution in [0.5, 0.6) is 5.75 Å². The maximum absolute atomic E-state index is 13.6. The molecular formula is C32H47N7O4. The minimum atomic E-state index is -0.247. The maximum atomic E-state index is 13.6. The molecule has 0 spiro atoms. The van der Waals surface area contributed by atoms with Crippen molar-refractivity contribution in [1.29, 1.82) is 0 Å². The zero-order chi connectivity index (χ0) is 30.2. The molecule has 0 aliphatic carbocycles. The first-order valence-corrected chi connectivity index (χ1v) is 16.2. The second-order valence-corrected chi connectivity index (χ2v) is 11.8. The van der Waals surface area contributed by atoms with Gasteiger partial charge in [-0.25, -0.2) is 4.79 Å². The number of ether oxygens (including phenoxy) is 1. The molecule has 43 heavy (non-hydrogen) atoms. The molecule has 3 aromatic rings. The number of anilines is 1. The van der Waals surface area contributed by atoms with Crippen LogP contribution in [0.3, 0.4) is 0 Å². The van der Waals surface area contributed by atoms with Crippen LogP contribution >= 0.6 is 0 Å². The molecule has 1 saturated heterocycles. The molecular weight excluding hydrogens is 546 g/mol. The van der Waals surface area contributed by atoms with Gasteiger partial charge in [-0.2, -0.15) is 4.98 Å². The Morgan fingerprint density at radius 1 is 0.884 bits per heavy atom. The number of rotatable bonds is 15. The third-order valence-electron chi connectivity index (χ3n) is 8.57. The summed E-state index contributed by atoms with van der Waals surface area (Å²) in [6.45, 7) is 11.3. The molecule has 0 unspecified atom stereocenters. The SMILES string of the molecule is CCCCn1c(=O)c2c(nc3n2CCCN3CCc2ccc(OCC(=O)NCCN3CCCC3)cc2)n(CCCC)c1=O. The van der Waals surface area contributed by atoms with Gasteiger partial charge in [0.2, 0.25) is 5.95 Å².